The van der Waals surface area contributed by atoms with Gasteiger partial charge in [-0.15, -0.1) is 6.42 Å². The molecule has 0 radical (unpaired) electrons. The van der Waals surface area contributed by atoms with E-state index >= 15 is 0 Å². The molecule has 2 rings (SSSR count). The highest BCUT2D eigenvalue weighted by molar-refractivity contribution is 9.10. The van der Waals surface area contributed by atoms with E-state index in [1.807, 2.05) is 36.4 Å². The smallest absolute Gasteiger partial charge is 0.148 e. The predicted molar refractivity (Wildman–Crippen MR) is 92.3 cm³/mol. The molecule has 0 amide bonds. The first-order valence-corrected chi connectivity index (χ1v) is 7.70. The molecule has 0 unspecified atom stereocenters. The normalized spacial score (nSPS) is 10.0. The molecule has 0 saturated carbocycles. The molecule has 0 aromatic heterocycles. The van der Waals surface area contributed by atoms with Crippen LogP contribution in [0, 0.1) is 12.3 Å². The first kappa shape index (κ1) is 16.0. The average molecular weight is 385 g/mol. The van der Waals surface area contributed by atoms with E-state index in [0.717, 1.165) is 21.5 Å². The van der Waals surface area contributed by atoms with Crippen LogP contribution >= 0.6 is 39.1 Å². The topological polar surface area (TPSA) is 21.3 Å². The minimum Gasteiger partial charge on any atom is -0.481 e. The van der Waals surface area contributed by atoms with E-state index in [4.69, 9.17) is 34.4 Å². The summed E-state index contributed by atoms with van der Waals surface area (Å²) < 4.78 is 6.27. The Morgan fingerprint density at radius 2 is 1.90 bits per heavy atom. The van der Waals surface area contributed by atoms with Gasteiger partial charge in [0, 0.05) is 16.6 Å². The minimum absolute atomic E-state index is 0.238. The Bertz CT molecular complexity index is 682. The standard InChI is InChI=1S/C16H12BrCl2NO/c1-2-9-21-14-6-4-3-5-11(14)10-20-13-8-7-12(17)15(18)16(13)19/h1,3-8,20H,9-10H2. The molecule has 5 heteroatoms. The predicted octanol–water partition coefficient (Wildman–Crippen LogP) is 5.38. The fourth-order valence-electron chi connectivity index (χ4n) is 1.76. The van der Waals surface area contributed by atoms with E-state index in [0.29, 0.717) is 16.6 Å². The quantitative estimate of drug-likeness (QED) is 0.551. The number of ether oxygens (including phenoxy) is 1. The molecule has 108 valence electrons. The van der Waals surface area contributed by atoms with Crippen LogP contribution in [0.2, 0.25) is 10.0 Å². The fourth-order valence-corrected chi connectivity index (χ4v) is 2.60. The third-order valence-electron chi connectivity index (χ3n) is 2.79. The van der Waals surface area contributed by atoms with Gasteiger partial charge < -0.3 is 10.1 Å². The van der Waals surface area contributed by atoms with Crippen molar-refractivity contribution in [2.75, 3.05) is 11.9 Å². The van der Waals surface area contributed by atoms with E-state index in [2.05, 4.69) is 27.2 Å². The van der Waals surface area contributed by atoms with E-state index in [1.54, 1.807) is 0 Å². The Morgan fingerprint density at radius 3 is 2.67 bits per heavy atom. The molecule has 0 saturated heterocycles. The first-order valence-electron chi connectivity index (χ1n) is 6.15. The lowest BCUT2D eigenvalue weighted by atomic mass is 10.2. The molecule has 0 aliphatic rings. The fraction of sp³-hybridized carbons (Fsp3) is 0.125. The minimum atomic E-state index is 0.238. The molecule has 0 atom stereocenters. The largest absolute Gasteiger partial charge is 0.481 e. The van der Waals surface area contributed by atoms with Gasteiger partial charge in [-0.25, -0.2) is 0 Å². The third kappa shape index (κ3) is 4.07. The van der Waals surface area contributed by atoms with Crippen molar-refractivity contribution in [2.24, 2.45) is 0 Å². The van der Waals surface area contributed by atoms with Crippen LogP contribution in [0.25, 0.3) is 0 Å². The Hall–Kier alpha value is -1.34. The number of halogens is 3. The maximum Gasteiger partial charge on any atom is 0.148 e. The van der Waals surface area contributed by atoms with Crippen LogP contribution in [0.15, 0.2) is 40.9 Å². The lowest BCUT2D eigenvalue weighted by Gasteiger charge is -2.13. The number of hydrogen-bond acceptors (Lipinski definition) is 2. The van der Waals surface area contributed by atoms with Crippen LogP contribution in [0.1, 0.15) is 5.56 Å². The molecule has 0 aliphatic carbocycles. The number of rotatable bonds is 5. The summed E-state index contributed by atoms with van der Waals surface area (Å²) >= 11 is 15.6. The highest BCUT2D eigenvalue weighted by Crippen LogP contribution is 2.36. The van der Waals surface area contributed by atoms with Crippen molar-refractivity contribution in [1.82, 2.24) is 0 Å². The van der Waals surface area contributed by atoms with Crippen LogP contribution in [0.4, 0.5) is 5.69 Å². The van der Waals surface area contributed by atoms with E-state index in [1.165, 1.54) is 0 Å². The lowest BCUT2D eigenvalue weighted by molar-refractivity contribution is 0.366. The summed E-state index contributed by atoms with van der Waals surface area (Å²) in [7, 11) is 0. The first-order chi connectivity index (χ1) is 10.1. The number of terminal acetylenes is 1. The molecule has 2 aromatic carbocycles. The molecular weight excluding hydrogens is 373 g/mol. The highest BCUT2D eigenvalue weighted by atomic mass is 79.9. The van der Waals surface area contributed by atoms with Gasteiger partial charge in [-0.3, -0.25) is 0 Å². The van der Waals surface area contributed by atoms with Crippen molar-refractivity contribution in [2.45, 2.75) is 6.54 Å². The lowest BCUT2D eigenvalue weighted by Crippen LogP contribution is -2.04. The van der Waals surface area contributed by atoms with E-state index in [9.17, 15) is 0 Å². The van der Waals surface area contributed by atoms with Crippen LogP contribution in [0.5, 0.6) is 5.75 Å². The van der Waals surface area contributed by atoms with Crippen LogP contribution < -0.4 is 10.1 Å². The summed E-state index contributed by atoms with van der Waals surface area (Å²) in [6, 6.07) is 11.4. The Balaban J connectivity index is 2.14. The Morgan fingerprint density at radius 1 is 1.14 bits per heavy atom. The molecule has 1 N–H and O–H groups in total. The van der Waals surface area contributed by atoms with Crippen molar-refractivity contribution >= 4 is 44.8 Å². The number of nitrogens with one attached hydrogen (secondary N) is 1. The zero-order valence-electron chi connectivity index (χ0n) is 11.0. The molecule has 21 heavy (non-hydrogen) atoms. The molecular formula is C16H12BrCl2NO. The summed E-state index contributed by atoms with van der Waals surface area (Å²) in [5.41, 5.74) is 1.75. The zero-order chi connectivity index (χ0) is 15.2. The summed E-state index contributed by atoms with van der Waals surface area (Å²) in [6.07, 6.45) is 5.21. The van der Waals surface area contributed by atoms with Gasteiger partial charge in [0.2, 0.25) is 0 Å². The summed E-state index contributed by atoms with van der Waals surface area (Å²) in [5.74, 6) is 3.21. The maximum absolute atomic E-state index is 6.21. The van der Waals surface area contributed by atoms with Crippen molar-refractivity contribution in [1.29, 1.82) is 0 Å². The average Bonchev–Trinajstić information content (AvgIpc) is 2.51. The van der Waals surface area contributed by atoms with Crippen LogP contribution in [0.3, 0.4) is 0 Å². The van der Waals surface area contributed by atoms with Crippen molar-refractivity contribution in [3.63, 3.8) is 0 Å². The Labute approximate surface area is 142 Å². The number of benzene rings is 2. The summed E-state index contributed by atoms with van der Waals surface area (Å²) in [5, 5.41) is 4.21. The zero-order valence-corrected chi connectivity index (χ0v) is 14.1. The van der Waals surface area contributed by atoms with Crippen molar-refractivity contribution in [3.05, 3.63) is 56.5 Å². The van der Waals surface area contributed by atoms with E-state index < -0.39 is 0 Å². The Kier molecular flexibility index (Phi) is 5.81. The van der Waals surface area contributed by atoms with Gasteiger partial charge in [0.1, 0.15) is 12.4 Å². The van der Waals surface area contributed by atoms with Crippen molar-refractivity contribution in [3.8, 4) is 18.1 Å². The van der Waals surface area contributed by atoms with Crippen LogP contribution in [-0.2, 0) is 6.54 Å². The summed E-state index contributed by atoms with van der Waals surface area (Å²) in [4.78, 5) is 0. The second kappa shape index (κ2) is 7.61. The second-order valence-corrected chi connectivity index (χ2v) is 5.79. The van der Waals surface area contributed by atoms with Gasteiger partial charge in [0.25, 0.3) is 0 Å². The molecule has 0 bridgehead atoms. The van der Waals surface area contributed by atoms with Gasteiger partial charge in [-0.1, -0.05) is 47.3 Å². The van der Waals surface area contributed by atoms with Gasteiger partial charge in [0.05, 0.1) is 15.7 Å². The monoisotopic (exact) mass is 383 g/mol. The number of anilines is 1. The third-order valence-corrected chi connectivity index (χ3v) is 4.56. The molecule has 0 heterocycles. The maximum atomic E-state index is 6.21. The molecule has 0 fully saturated rings. The number of hydrogen-bond donors (Lipinski definition) is 1. The van der Waals surface area contributed by atoms with Crippen LogP contribution in [-0.4, -0.2) is 6.61 Å². The van der Waals surface area contributed by atoms with Crippen molar-refractivity contribution < 1.29 is 4.74 Å². The van der Waals surface area contributed by atoms with E-state index in [-0.39, 0.29) is 6.61 Å². The van der Waals surface area contributed by atoms with Gasteiger partial charge in [-0.2, -0.15) is 0 Å². The summed E-state index contributed by atoms with van der Waals surface area (Å²) in [6.45, 7) is 0.792. The molecule has 0 spiro atoms. The second-order valence-electron chi connectivity index (χ2n) is 4.18. The molecule has 2 aromatic rings. The highest BCUT2D eigenvalue weighted by Gasteiger charge is 2.09. The van der Waals surface area contributed by atoms with Gasteiger partial charge >= 0.3 is 0 Å². The molecule has 0 aliphatic heterocycles. The number of para-hydroxylation sites is 1. The SMILES string of the molecule is C#CCOc1ccccc1CNc1ccc(Br)c(Cl)c1Cl. The van der Waals surface area contributed by atoms with Gasteiger partial charge in [-0.05, 0) is 34.1 Å². The van der Waals surface area contributed by atoms with Gasteiger partial charge in [0.15, 0.2) is 0 Å². The molecule has 2 nitrogen and oxygen atoms in total.